The molecule has 39 heavy (non-hydrogen) atoms. The number of aromatic nitrogens is 1. The minimum Gasteiger partial charge on any atom is -0.507 e. The van der Waals surface area contributed by atoms with Crippen LogP contribution in [0.3, 0.4) is 0 Å². The number of likely N-dealkylation sites (tertiary alicyclic amines) is 1. The summed E-state index contributed by atoms with van der Waals surface area (Å²) >= 11 is 0. The average molecular weight is 531 g/mol. The summed E-state index contributed by atoms with van der Waals surface area (Å²) in [6.45, 7) is 7.44. The lowest BCUT2D eigenvalue weighted by Crippen LogP contribution is -2.29. The summed E-state index contributed by atoms with van der Waals surface area (Å²) in [6, 6.07) is 14.9. The second-order valence-corrected chi connectivity index (χ2v) is 9.09. The number of nitrogens with zero attached hydrogens (tertiary/aromatic N) is 2. The van der Waals surface area contributed by atoms with Crippen molar-refractivity contribution in [3.8, 4) is 17.2 Å². The second kappa shape index (κ2) is 13.0. The number of unbranched alkanes of at least 4 members (excludes halogenated alkanes) is 1. The highest BCUT2D eigenvalue weighted by Crippen LogP contribution is 2.42. The van der Waals surface area contributed by atoms with E-state index >= 15 is 0 Å². The number of amides is 1. The van der Waals surface area contributed by atoms with Crippen molar-refractivity contribution in [1.29, 1.82) is 0 Å². The summed E-state index contributed by atoms with van der Waals surface area (Å²) < 4.78 is 17.3. The summed E-state index contributed by atoms with van der Waals surface area (Å²) in [6.07, 6.45) is 5.26. The molecule has 0 aliphatic carbocycles. The van der Waals surface area contributed by atoms with E-state index in [0.29, 0.717) is 48.2 Å². The molecule has 1 aliphatic heterocycles. The van der Waals surface area contributed by atoms with Crippen molar-refractivity contribution in [1.82, 2.24) is 9.88 Å². The zero-order valence-corrected chi connectivity index (χ0v) is 22.6. The Hall–Kier alpha value is -4.33. The molecule has 1 aliphatic rings. The van der Waals surface area contributed by atoms with Gasteiger partial charge in [-0.3, -0.25) is 14.6 Å². The standard InChI is InChI=1S/C31H34N2O6/c1-4-7-17-39-24-13-10-22(11-14-24)29(34)27-28(23-12-15-25(37-5-2)26(18-23)38-6-3)33(31(36)30(27)35)20-21-9-8-16-32-19-21/h8-16,18-19,28,34H,4-7,17,20H2,1-3H3/b29-27-. The van der Waals surface area contributed by atoms with Crippen molar-refractivity contribution >= 4 is 17.4 Å². The molecule has 4 rings (SSSR count). The third-order valence-corrected chi connectivity index (χ3v) is 6.39. The zero-order valence-electron chi connectivity index (χ0n) is 22.6. The number of hydrogen-bond acceptors (Lipinski definition) is 7. The van der Waals surface area contributed by atoms with Crippen LogP contribution in [0.5, 0.6) is 17.2 Å². The van der Waals surface area contributed by atoms with E-state index in [-0.39, 0.29) is 17.9 Å². The molecule has 1 saturated heterocycles. The summed E-state index contributed by atoms with van der Waals surface area (Å²) in [5, 5.41) is 11.4. The van der Waals surface area contributed by atoms with Crippen molar-refractivity contribution in [2.75, 3.05) is 19.8 Å². The maximum Gasteiger partial charge on any atom is 0.295 e. The molecule has 0 radical (unpaired) electrons. The third kappa shape index (κ3) is 6.22. The van der Waals surface area contributed by atoms with E-state index in [2.05, 4.69) is 11.9 Å². The first-order valence-electron chi connectivity index (χ1n) is 13.3. The molecule has 204 valence electrons. The number of aliphatic hydroxyl groups is 1. The minimum absolute atomic E-state index is 0.00940. The second-order valence-electron chi connectivity index (χ2n) is 9.09. The molecule has 8 nitrogen and oxygen atoms in total. The van der Waals surface area contributed by atoms with Gasteiger partial charge >= 0.3 is 0 Å². The average Bonchev–Trinajstić information content (AvgIpc) is 3.20. The number of pyridine rings is 1. The number of rotatable bonds is 12. The minimum atomic E-state index is -0.847. The van der Waals surface area contributed by atoms with Crippen LogP contribution in [0, 0.1) is 0 Å². The number of ketones is 1. The first kappa shape index (κ1) is 27.7. The van der Waals surface area contributed by atoms with Crippen molar-refractivity contribution in [2.24, 2.45) is 0 Å². The van der Waals surface area contributed by atoms with Crippen LogP contribution in [0.1, 0.15) is 56.3 Å². The number of Topliss-reactive ketones (excluding diaryl/α,β-unsaturated/α-hetero) is 1. The molecule has 3 aromatic rings. The number of carbonyl (C=O) groups is 2. The highest BCUT2D eigenvalue weighted by Gasteiger charge is 2.46. The largest absolute Gasteiger partial charge is 0.507 e. The summed E-state index contributed by atoms with van der Waals surface area (Å²) in [4.78, 5) is 32.4. The van der Waals surface area contributed by atoms with Crippen LogP contribution in [0.25, 0.3) is 5.76 Å². The topological polar surface area (TPSA) is 98.2 Å². The van der Waals surface area contributed by atoms with Crippen molar-refractivity contribution in [3.05, 3.63) is 89.3 Å². The summed E-state index contributed by atoms with van der Waals surface area (Å²) in [5.74, 6) is 0.0251. The Morgan fingerprint density at radius 3 is 2.36 bits per heavy atom. The van der Waals surface area contributed by atoms with Crippen molar-refractivity contribution in [3.63, 3.8) is 0 Å². The molecule has 1 unspecified atom stereocenters. The van der Waals surface area contributed by atoms with Crippen molar-refractivity contribution in [2.45, 2.75) is 46.2 Å². The number of aliphatic hydroxyl groups excluding tert-OH is 1. The lowest BCUT2D eigenvalue weighted by Gasteiger charge is -2.26. The number of benzene rings is 2. The quantitative estimate of drug-likeness (QED) is 0.139. The highest BCUT2D eigenvalue weighted by atomic mass is 16.5. The van der Waals surface area contributed by atoms with E-state index in [9.17, 15) is 14.7 Å². The first-order valence-corrected chi connectivity index (χ1v) is 13.3. The lowest BCUT2D eigenvalue weighted by atomic mass is 9.94. The van der Waals surface area contributed by atoms with E-state index in [0.717, 1.165) is 18.4 Å². The molecule has 1 atom stereocenters. The molecule has 2 aromatic carbocycles. The summed E-state index contributed by atoms with van der Waals surface area (Å²) in [7, 11) is 0. The van der Waals surface area contributed by atoms with E-state index in [1.807, 2.05) is 19.9 Å². The molecule has 0 bridgehead atoms. The molecular weight excluding hydrogens is 496 g/mol. The highest BCUT2D eigenvalue weighted by molar-refractivity contribution is 6.46. The monoisotopic (exact) mass is 530 g/mol. The molecule has 1 fully saturated rings. The van der Waals surface area contributed by atoms with Gasteiger partial charge in [0.15, 0.2) is 11.5 Å². The van der Waals surface area contributed by atoms with Gasteiger partial charge in [0.25, 0.3) is 11.7 Å². The lowest BCUT2D eigenvalue weighted by molar-refractivity contribution is -0.140. The number of carbonyl (C=O) groups excluding carboxylic acids is 2. The Labute approximate surface area is 228 Å². The Kier molecular flexibility index (Phi) is 9.20. The van der Waals surface area contributed by atoms with Crippen LogP contribution >= 0.6 is 0 Å². The van der Waals surface area contributed by atoms with E-state index in [1.54, 1.807) is 60.9 Å². The van der Waals surface area contributed by atoms with Gasteiger partial charge in [0.1, 0.15) is 11.5 Å². The number of hydrogen-bond donors (Lipinski definition) is 1. The molecule has 0 saturated carbocycles. The molecule has 1 N–H and O–H groups in total. The first-order chi connectivity index (χ1) is 19.0. The molecule has 8 heteroatoms. The van der Waals surface area contributed by atoms with Crippen LogP contribution in [0.4, 0.5) is 0 Å². The van der Waals surface area contributed by atoms with Crippen molar-refractivity contribution < 1.29 is 28.9 Å². The smallest absolute Gasteiger partial charge is 0.295 e. The fourth-order valence-electron chi connectivity index (χ4n) is 4.51. The van der Waals surface area contributed by atoms with Gasteiger partial charge in [-0.2, -0.15) is 0 Å². The molecule has 1 aromatic heterocycles. The Balaban J connectivity index is 1.79. The molecular formula is C31H34N2O6. The predicted molar refractivity (Wildman–Crippen MR) is 148 cm³/mol. The fraction of sp³-hybridized carbons (Fsp3) is 0.323. The fourth-order valence-corrected chi connectivity index (χ4v) is 4.51. The Bertz CT molecular complexity index is 1320. The van der Waals surface area contributed by atoms with E-state index in [1.165, 1.54) is 4.90 Å². The van der Waals surface area contributed by atoms with Crippen LogP contribution in [-0.4, -0.2) is 46.5 Å². The molecule has 2 heterocycles. The maximum absolute atomic E-state index is 13.4. The Morgan fingerprint density at radius 1 is 0.949 bits per heavy atom. The third-order valence-electron chi connectivity index (χ3n) is 6.39. The van der Waals surface area contributed by atoms with Gasteiger partial charge in [-0.25, -0.2) is 0 Å². The number of ether oxygens (including phenoxy) is 3. The van der Waals surface area contributed by atoms with Crippen LogP contribution in [-0.2, 0) is 16.1 Å². The van der Waals surface area contributed by atoms with E-state index < -0.39 is 17.7 Å². The molecule has 1 amide bonds. The van der Waals surface area contributed by atoms with Gasteiger partial charge in [-0.15, -0.1) is 0 Å². The van der Waals surface area contributed by atoms with Crippen LogP contribution in [0.2, 0.25) is 0 Å². The van der Waals surface area contributed by atoms with Gasteiger partial charge in [0.05, 0.1) is 31.4 Å². The predicted octanol–water partition coefficient (Wildman–Crippen LogP) is 5.68. The van der Waals surface area contributed by atoms with E-state index in [4.69, 9.17) is 14.2 Å². The van der Waals surface area contributed by atoms with Crippen LogP contribution in [0.15, 0.2) is 72.6 Å². The summed E-state index contributed by atoms with van der Waals surface area (Å²) in [5.41, 5.74) is 1.80. The van der Waals surface area contributed by atoms with Crippen LogP contribution < -0.4 is 14.2 Å². The van der Waals surface area contributed by atoms with Gasteiger partial charge in [0, 0.05) is 24.5 Å². The normalized spacial score (nSPS) is 16.4. The van der Waals surface area contributed by atoms with Gasteiger partial charge in [-0.1, -0.05) is 25.5 Å². The van der Waals surface area contributed by atoms with Gasteiger partial charge < -0.3 is 24.2 Å². The Morgan fingerprint density at radius 2 is 1.69 bits per heavy atom. The SMILES string of the molecule is CCCCOc1ccc(/C(O)=C2/C(=O)C(=O)N(Cc3cccnc3)C2c2ccc(OCC)c(OCC)c2)cc1. The van der Waals surface area contributed by atoms with Gasteiger partial charge in [-0.05, 0) is 73.9 Å². The van der Waals surface area contributed by atoms with Gasteiger partial charge in [0.2, 0.25) is 0 Å². The maximum atomic E-state index is 13.4. The zero-order chi connectivity index (χ0) is 27.8. The molecule has 0 spiro atoms.